The van der Waals surface area contributed by atoms with Gasteiger partial charge in [0, 0.05) is 18.8 Å². The zero-order valence-corrected chi connectivity index (χ0v) is 12.6. The lowest BCUT2D eigenvalue weighted by molar-refractivity contribution is -0.130. The minimum Gasteiger partial charge on any atom is -0.402 e. The summed E-state index contributed by atoms with van der Waals surface area (Å²) in [5.74, 6) is -0.0745. The van der Waals surface area contributed by atoms with Crippen molar-refractivity contribution in [3.8, 4) is 0 Å². The molecule has 2 aromatic carbocycles. The van der Waals surface area contributed by atoms with Crippen molar-refractivity contribution >= 4 is 22.6 Å². The highest BCUT2D eigenvalue weighted by Crippen LogP contribution is 2.25. The Hall–Kier alpha value is -3.14. The summed E-state index contributed by atoms with van der Waals surface area (Å²) in [4.78, 5) is 18.5. The van der Waals surface area contributed by atoms with Gasteiger partial charge in [0.05, 0.1) is 5.70 Å². The Balaban J connectivity index is 1.78. The van der Waals surface area contributed by atoms with E-state index in [-0.39, 0.29) is 0 Å². The maximum Gasteiger partial charge on any atom is 0.366 e. The van der Waals surface area contributed by atoms with Crippen molar-refractivity contribution in [1.29, 1.82) is 0 Å². The molecule has 0 saturated carbocycles. The summed E-state index contributed by atoms with van der Waals surface area (Å²) in [5, 5.41) is 2.22. The van der Waals surface area contributed by atoms with Crippen LogP contribution < -0.4 is 0 Å². The van der Waals surface area contributed by atoms with E-state index in [1.165, 1.54) is 0 Å². The van der Waals surface area contributed by atoms with Gasteiger partial charge in [-0.1, -0.05) is 36.4 Å². The van der Waals surface area contributed by atoms with Crippen molar-refractivity contribution in [1.82, 2.24) is 4.90 Å². The molecule has 2 aliphatic heterocycles. The van der Waals surface area contributed by atoms with E-state index >= 15 is 0 Å². The van der Waals surface area contributed by atoms with E-state index in [1.807, 2.05) is 78.8 Å². The molecular weight excluding hydrogens is 288 g/mol. The molecule has 112 valence electrons. The van der Waals surface area contributed by atoms with Crippen molar-refractivity contribution < 1.29 is 9.53 Å². The highest BCUT2D eigenvalue weighted by atomic mass is 16.6. The molecule has 4 nitrogen and oxygen atoms in total. The molecule has 0 saturated heterocycles. The van der Waals surface area contributed by atoms with Crippen LogP contribution in [0.25, 0.3) is 10.8 Å². The molecule has 4 heteroatoms. The number of likely N-dealkylation sites (N-methyl/N-ethyl adjacent to an activating group) is 1. The molecular formula is C19H14N2O2. The van der Waals surface area contributed by atoms with Gasteiger partial charge >= 0.3 is 5.97 Å². The van der Waals surface area contributed by atoms with Crippen molar-refractivity contribution in [2.75, 3.05) is 7.05 Å². The van der Waals surface area contributed by atoms with Crippen LogP contribution in [0.5, 0.6) is 0 Å². The number of hydrogen-bond donors (Lipinski definition) is 0. The molecule has 0 spiro atoms. The van der Waals surface area contributed by atoms with Gasteiger partial charge in [0.25, 0.3) is 0 Å². The van der Waals surface area contributed by atoms with Crippen LogP contribution in [-0.2, 0) is 9.53 Å². The van der Waals surface area contributed by atoms with E-state index in [0.717, 1.165) is 22.0 Å². The lowest BCUT2D eigenvalue weighted by Gasteiger charge is -2.17. The summed E-state index contributed by atoms with van der Waals surface area (Å²) < 4.78 is 5.38. The quantitative estimate of drug-likeness (QED) is 0.599. The van der Waals surface area contributed by atoms with Gasteiger partial charge in [0.1, 0.15) is 0 Å². The Labute approximate surface area is 133 Å². The third kappa shape index (κ3) is 2.34. The van der Waals surface area contributed by atoms with Gasteiger partial charge < -0.3 is 9.64 Å². The first kappa shape index (κ1) is 13.5. The average Bonchev–Trinajstić information content (AvgIpc) is 2.96. The van der Waals surface area contributed by atoms with Crippen LogP contribution in [0.4, 0.5) is 0 Å². The highest BCUT2D eigenvalue weighted by molar-refractivity contribution is 6.12. The maximum atomic E-state index is 12.2. The first-order valence-electron chi connectivity index (χ1n) is 7.34. The molecule has 2 heterocycles. The van der Waals surface area contributed by atoms with Crippen molar-refractivity contribution in [3.05, 3.63) is 83.9 Å². The van der Waals surface area contributed by atoms with E-state index in [0.29, 0.717) is 11.6 Å². The van der Waals surface area contributed by atoms with Crippen LogP contribution >= 0.6 is 0 Å². The molecule has 2 aromatic rings. The topological polar surface area (TPSA) is 41.9 Å². The molecule has 2 aliphatic rings. The number of fused-ring (bicyclic) bond motifs is 1. The van der Waals surface area contributed by atoms with Gasteiger partial charge in [0.2, 0.25) is 5.90 Å². The molecule has 23 heavy (non-hydrogen) atoms. The van der Waals surface area contributed by atoms with Crippen LogP contribution in [0.1, 0.15) is 5.56 Å². The number of carbonyl (C=O) groups is 1. The van der Waals surface area contributed by atoms with E-state index < -0.39 is 5.97 Å². The number of carbonyl (C=O) groups excluding carboxylic acids is 1. The summed E-state index contributed by atoms with van der Waals surface area (Å²) in [5.41, 5.74) is 1.86. The van der Waals surface area contributed by atoms with E-state index in [4.69, 9.17) is 4.74 Å². The molecule has 0 atom stereocenters. The minimum absolute atomic E-state index is 0.330. The first-order valence-corrected chi connectivity index (χ1v) is 7.34. The molecule has 0 bridgehead atoms. The van der Waals surface area contributed by atoms with Crippen molar-refractivity contribution in [2.24, 2.45) is 4.99 Å². The summed E-state index contributed by atoms with van der Waals surface area (Å²) in [6, 6.07) is 14.0. The number of esters is 1. The largest absolute Gasteiger partial charge is 0.402 e. The number of cyclic esters (lactones) is 1. The third-order valence-corrected chi connectivity index (χ3v) is 3.89. The predicted molar refractivity (Wildman–Crippen MR) is 89.6 cm³/mol. The van der Waals surface area contributed by atoms with E-state index in [9.17, 15) is 4.79 Å². The molecule has 0 N–H and O–H groups in total. The number of benzene rings is 2. The van der Waals surface area contributed by atoms with Crippen LogP contribution in [0.3, 0.4) is 0 Å². The predicted octanol–water partition coefficient (Wildman–Crippen LogP) is 3.37. The maximum absolute atomic E-state index is 12.2. The Morgan fingerprint density at radius 1 is 1.04 bits per heavy atom. The minimum atomic E-state index is -0.421. The Kier molecular flexibility index (Phi) is 3.08. The monoisotopic (exact) mass is 302 g/mol. The molecule has 4 rings (SSSR count). The van der Waals surface area contributed by atoms with Crippen LogP contribution in [0, 0.1) is 0 Å². The summed E-state index contributed by atoms with van der Waals surface area (Å²) in [6.45, 7) is 0. The highest BCUT2D eigenvalue weighted by Gasteiger charge is 2.28. The second-order valence-corrected chi connectivity index (χ2v) is 5.41. The van der Waals surface area contributed by atoms with E-state index in [1.54, 1.807) is 0 Å². The average molecular weight is 302 g/mol. The zero-order chi connectivity index (χ0) is 15.8. The second kappa shape index (κ2) is 5.25. The molecule has 0 amide bonds. The lowest BCUT2D eigenvalue weighted by atomic mass is 10.1. The zero-order valence-electron chi connectivity index (χ0n) is 12.6. The standard InChI is InChI=1S/C19H14N2O2/c1-21-11-5-4-8-16(21)17-19(22)23-18(20-17)15-10-9-13-6-2-3-7-14(13)12-15/h2-12H,1H3/b17-16+. The molecule has 0 aromatic heterocycles. The van der Waals surface area contributed by atoms with Gasteiger partial charge in [-0.25, -0.2) is 9.79 Å². The normalized spacial score (nSPS) is 20.1. The SMILES string of the molecule is CN1C=CC=C/C1=C1\N=C(c2ccc3ccccc3c2)OC1=O. The number of ether oxygens (including phenoxy) is 1. The fourth-order valence-electron chi connectivity index (χ4n) is 2.68. The Morgan fingerprint density at radius 2 is 1.87 bits per heavy atom. The van der Waals surface area contributed by atoms with E-state index in [2.05, 4.69) is 4.99 Å². The number of hydrogen-bond acceptors (Lipinski definition) is 4. The summed E-state index contributed by atoms with van der Waals surface area (Å²) in [7, 11) is 1.87. The number of aliphatic imine (C=N–C) groups is 1. The molecule has 0 unspecified atom stereocenters. The smallest absolute Gasteiger partial charge is 0.366 e. The van der Waals surface area contributed by atoms with Gasteiger partial charge in [-0.2, -0.15) is 0 Å². The third-order valence-electron chi connectivity index (χ3n) is 3.89. The van der Waals surface area contributed by atoms with Crippen molar-refractivity contribution in [2.45, 2.75) is 0 Å². The second-order valence-electron chi connectivity index (χ2n) is 5.41. The van der Waals surface area contributed by atoms with Gasteiger partial charge in [0.15, 0.2) is 5.70 Å². The van der Waals surface area contributed by atoms with Crippen molar-refractivity contribution in [3.63, 3.8) is 0 Å². The fraction of sp³-hybridized carbons (Fsp3) is 0.0526. The van der Waals surface area contributed by atoms with Crippen LogP contribution in [0.2, 0.25) is 0 Å². The summed E-state index contributed by atoms with van der Waals surface area (Å²) >= 11 is 0. The number of allylic oxidation sites excluding steroid dienone is 3. The van der Waals surface area contributed by atoms with Crippen LogP contribution in [0.15, 0.2) is 83.3 Å². The Morgan fingerprint density at radius 3 is 2.70 bits per heavy atom. The molecule has 0 radical (unpaired) electrons. The first-order chi connectivity index (χ1) is 11.2. The number of rotatable bonds is 1. The van der Waals surface area contributed by atoms with Gasteiger partial charge in [-0.05, 0) is 35.1 Å². The number of nitrogens with zero attached hydrogens (tertiary/aromatic N) is 2. The Bertz CT molecular complexity index is 935. The van der Waals surface area contributed by atoms with Crippen LogP contribution in [-0.4, -0.2) is 23.8 Å². The molecule has 0 fully saturated rings. The van der Waals surface area contributed by atoms with Gasteiger partial charge in [-0.15, -0.1) is 0 Å². The van der Waals surface area contributed by atoms with Gasteiger partial charge in [-0.3, -0.25) is 0 Å². The molecule has 0 aliphatic carbocycles. The fourth-order valence-corrected chi connectivity index (χ4v) is 2.68. The lowest BCUT2D eigenvalue weighted by Crippen LogP contribution is -2.15. The summed E-state index contributed by atoms with van der Waals surface area (Å²) in [6.07, 6.45) is 7.50.